The molecule has 2 aliphatic heterocycles. The number of rotatable bonds is 4. The predicted octanol–water partition coefficient (Wildman–Crippen LogP) is 1.17. The fraction of sp³-hybridized carbons (Fsp3) is 0.600. The van der Waals surface area contributed by atoms with Crippen LogP contribution in [0.1, 0.15) is 20.3 Å². The lowest BCUT2D eigenvalue weighted by atomic mass is 10.1. The van der Waals surface area contributed by atoms with Crippen molar-refractivity contribution >= 4 is 15.7 Å². The molecule has 0 spiro atoms. The summed E-state index contributed by atoms with van der Waals surface area (Å²) in [6.07, 6.45) is 1.13. The minimum atomic E-state index is -3.47. The van der Waals surface area contributed by atoms with E-state index in [2.05, 4.69) is 14.9 Å². The van der Waals surface area contributed by atoms with Crippen molar-refractivity contribution in [2.75, 3.05) is 24.5 Å². The molecule has 1 aromatic carbocycles. The first kappa shape index (κ1) is 14.8. The second-order valence-corrected chi connectivity index (χ2v) is 7.89. The minimum absolute atomic E-state index is 0.109. The van der Waals surface area contributed by atoms with Gasteiger partial charge in [0.1, 0.15) is 4.90 Å². The van der Waals surface area contributed by atoms with E-state index in [1.807, 2.05) is 26.0 Å². The van der Waals surface area contributed by atoms with Gasteiger partial charge in [-0.25, -0.2) is 13.1 Å². The lowest BCUT2D eigenvalue weighted by Gasteiger charge is -2.28. The zero-order chi connectivity index (χ0) is 15.0. The maximum Gasteiger partial charge on any atom is 0.242 e. The fourth-order valence-corrected chi connectivity index (χ4v) is 4.91. The quantitative estimate of drug-likeness (QED) is 0.876. The Morgan fingerprint density at radius 1 is 1.29 bits per heavy atom. The number of nitrogens with zero attached hydrogens (tertiary/aromatic N) is 1. The van der Waals surface area contributed by atoms with Crippen molar-refractivity contribution < 1.29 is 8.42 Å². The summed E-state index contributed by atoms with van der Waals surface area (Å²) in [5.41, 5.74) is 0.835. The van der Waals surface area contributed by atoms with Crippen LogP contribution in [0, 0.1) is 5.92 Å². The molecule has 116 valence electrons. The third-order valence-electron chi connectivity index (χ3n) is 4.30. The van der Waals surface area contributed by atoms with Crippen LogP contribution in [0.2, 0.25) is 0 Å². The standard InChI is InChI=1S/C15H23N3O2S/c1-11(2)17-21(19,20)15-6-4-3-5-13(15)18-8-7-12-9-16-10-14(12)18/h3-6,11-12,14,16-17H,7-10H2,1-2H3/t12-,14+/m0/s1. The molecule has 2 heterocycles. The van der Waals surface area contributed by atoms with Crippen molar-refractivity contribution in [2.45, 2.75) is 37.2 Å². The molecule has 2 saturated heterocycles. The van der Waals surface area contributed by atoms with Crippen LogP contribution in [-0.4, -0.2) is 40.1 Å². The van der Waals surface area contributed by atoms with Gasteiger partial charge in [0.2, 0.25) is 10.0 Å². The van der Waals surface area contributed by atoms with Gasteiger partial charge < -0.3 is 10.2 Å². The molecule has 3 rings (SSSR count). The summed E-state index contributed by atoms with van der Waals surface area (Å²) in [5, 5.41) is 3.41. The van der Waals surface area contributed by atoms with Crippen LogP contribution in [0.4, 0.5) is 5.69 Å². The summed E-state index contributed by atoms with van der Waals surface area (Å²) in [4.78, 5) is 2.66. The van der Waals surface area contributed by atoms with E-state index in [1.54, 1.807) is 12.1 Å². The van der Waals surface area contributed by atoms with Gasteiger partial charge in [0.15, 0.2) is 0 Å². The Kier molecular flexibility index (Phi) is 3.94. The zero-order valence-electron chi connectivity index (χ0n) is 12.5. The Labute approximate surface area is 126 Å². The molecular weight excluding hydrogens is 286 g/mol. The second-order valence-electron chi connectivity index (χ2n) is 6.21. The highest BCUT2D eigenvalue weighted by atomic mass is 32.2. The lowest BCUT2D eigenvalue weighted by Crippen LogP contribution is -2.37. The smallest absolute Gasteiger partial charge is 0.242 e. The average molecular weight is 309 g/mol. The monoisotopic (exact) mass is 309 g/mol. The summed E-state index contributed by atoms with van der Waals surface area (Å²) in [7, 11) is -3.47. The maximum absolute atomic E-state index is 12.6. The SMILES string of the molecule is CC(C)NS(=O)(=O)c1ccccc1N1CC[C@H]2CNC[C@H]21. The second kappa shape index (κ2) is 5.59. The van der Waals surface area contributed by atoms with Crippen molar-refractivity contribution in [2.24, 2.45) is 5.92 Å². The summed E-state index contributed by atoms with van der Waals surface area (Å²) >= 11 is 0. The number of anilines is 1. The third-order valence-corrected chi connectivity index (χ3v) is 6.01. The molecule has 0 saturated carbocycles. The summed E-state index contributed by atoms with van der Waals surface area (Å²) in [5.74, 6) is 0.638. The van der Waals surface area contributed by atoms with E-state index in [0.29, 0.717) is 16.9 Å². The molecule has 1 aromatic rings. The maximum atomic E-state index is 12.6. The van der Waals surface area contributed by atoms with Gasteiger partial charge in [0, 0.05) is 31.7 Å². The number of benzene rings is 1. The number of hydrogen-bond acceptors (Lipinski definition) is 4. The van der Waals surface area contributed by atoms with E-state index in [1.165, 1.54) is 0 Å². The molecule has 2 atom stereocenters. The van der Waals surface area contributed by atoms with Crippen LogP contribution in [0.15, 0.2) is 29.2 Å². The van der Waals surface area contributed by atoms with E-state index in [4.69, 9.17) is 0 Å². The molecule has 6 heteroatoms. The van der Waals surface area contributed by atoms with Crippen molar-refractivity contribution in [1.82, 2.24) is 10.0 Å². The highest BCUT2D eigenvalue weighted by molar-refractivity contribution is 7.89. The first-order chi connectivity index (χ1) is 9.99. The Bertz CT molecular complexity index is 615. The average Bonchev–Trinajstić information content (AvgIpc) is 2.99. The number of nitrogens with one attached hydrogen (secondary N) is 2. The van der Waals surface area contributed by atoms with Crippen LogP contribution < -0.4 is 14.9 Å². The van der Waals surface area contributed by atoms with Gasteiger partial charge >= 0.3 is 0 Å². The number of hydrogen-bond donors (Lipinski definition) is 2. The van der Waals surface area contributed by atoms with Gasteiger partial charge in [0.25, 0.3) is 0 Å². The van der Waals surface area contributed by atoms with Gasteiger partial charge in [0.05, 0.1) is 5.69 Å². The normalized spacial score (nSPS) is 25.6. The molecule has 0 unspecified atom stereocenters. The zero-order valence-corrected chi connectivity index (χ0v) is 13.4. The van der Waals surface area contributed by atoms with Gasteiger partial charge in [-0.2, -0.15) is 0 Å². The molecule has 0 amide bonds. The highest BCUT2D eigenvalue weighted by Crippen LogP contribution is 2.35. The Hall–Kier alpha value is -1.11. The van der Waals surface area contributed by atoms with Crippen molar-refractivity contribution in [3.63, 3.8) is 0 Å². The molecule has 2 N–H and O–H groups in total. The summed E-state index contributed by atoms with van der Waals surface area (Å²) in [6.45, 7) is 6.60. The van der Waals surface area contributed by atoms with E-state index >= 15 is 0 Å². The lowest BCUT2D eigenvalue weighted by molar-refractivity contribution is 0.566. The molecule has 0 aromatic heterocycles. The minimum Gasteiger partial charge on any atom is -0.366 e. The number of sulfonamides is 1. The van der Waals surface area contributed by atoms with E-state index in [-0.39, 0.29) is 6.04 Å². The molecule has 0 bridgehead atoms. The Morgan fingerprint density at radius 3 is 2.81 bits per heavy atom. The van der Waals surface area contributed by atoms with E-state index < -0.39 is 10.0 Å². The van der Waals surface area contributed by atoms with Crippen LogP contribution >= 0.6 is 0 Å². The van der Waals surface area contributed by atoms with Crippen LogP contribution in [0.3, 0.4) is 0 Å². The van der Waals surface area contributed by atoms with Gasteiger partial charge in [-0.3, -0.25) is 0 Å². The topological polar surface area (TPSA) is 61.4 Å². The van der Waals surface area contributed by atoms with Crippen molar-refractivity contribution in [1.29, 1.82) is 0 Å². The first-order valence-corrected chi connectivity index (χ1v) is 9.06. The Morgan fingerprint density at radius 2 is 2.05 bits per heavy atom. The molecule has 2 aliphatic rings. The van der Waals surface area contributed by atoms with Crippen molar-refractivity contribution in [3.05, 3.63) is 24.3 Å². The fourth-order valence-electron chi connectivity index (χ4n) is 3.44. The third kappa shape index (κ3) is 2.80. The molecule has 21 heavy (non-hydrogen) atoms. The van der Waals surface area contributed by atoms with Crippen molar-refractivity contribution in [3.8, 4) is 0 Å². The van der Waals surface area contributed by atoms with Crippen LogP contribution in [0.25, 0.3) is 0 Å². The first-order valence-electron chi connectivity index (χ1n) is 7.58. The highest BCUT2D eigenvalue weighted by Gasteiger charge is 2.39. The Balaban J connectivity index is 1.97. The number of para-hydroxylation sites is 1. The van der Waals surface area contributed by atoms with E-state index in [9.17, 15) is 8.42 Å². The van der Waals surface area contributed by atoms with Gasteiger partial charge in [-0.05, 0) is 38.3 Å². The molecule has 5 nitrogen and oxygen atoms in total. The van der Waals surface area contributed by atoms with Gasteiger partial charge in [-0.15, -0.1) is 0 Å². The van der Waals surface area contributed by atoms with Crippen LogP contribution in [-0.2, 0) is 10.0 Å². The van der Waals surface area contributed by atoms with Crippen LogP contribution in [0.5, 0.6) is 0 Å². The molecule has 0 aliphatic carbocycles. The molecule has 2 fully saturated rings. The molecular formula is C15H23N3O2S. The van der Waals surface area contributed by atoms with E-state index in [0.717, 1.165) is 31.7 Å². The van der Waals surface area contributed by atoms with Gasteiger partial charge in [-0.1, -0.05) is 12.1 Å². The molecule has 0 radical (unpaired) electrons. The predicted molar refractivity (Wildman–Crippen MR) is 84.0 cm³/mol. The number of fused-ring (bicyclic) bond motifs is 1. The summed E-state index contributed by atoms with van der Waals surface area (Å²) in [6, 6.07) is 7.65. The summed E-state index contributed by atoms with van der Waals surface area (Å²) < 4.78 is 27.8. The largest absolute Gasteiger partial charge is 0.366 e.